The Morgan fingerprint density at radius 1 is 1.00 bits per heavy atom. The maximum atomic E-state index is 13.4. The number of hydrogen-bond acceptors (Lipinski definition) is 1. The van der Waals surface area contributed by atoms with Crippen molar-refractivity contribution in [2.45, 2.75) is 0 Å². The van der Waals surface area contributed by atoms with Crippen molar-refractivity contribution in [2.75, 3.05) is 0 Å². The van der Waals surface area contributed by atoms with Crippen LogP contribution in [0.3, 0.4) is 0 Å². The largest absolute Gasteiger partial charge is 0.508 e. The highest BCUT2D eigenvalue weighted by Crippen LogP contribution is 2.29. The summed E-state index contributed by atoms with van der Waals surface area (Å²) in [7, 11) is 0. The van der Waals surface area contributed by atoms with Gasteiger partial charge in [0.15, 0.2) is 0 Å². The molecule has 1 nitrogen and oxygen atoms in total. The Kier molecular flexibility index (Phi) is 2.79. The predicted octanol–water partition coefficient (Wildman–Crippen LogP) is 3.99. The van der Waals surface area contributed by atoms with Crippen molar-refractivity contribution in [3.63, 3.8) is 0 Å². The molecular weight excluding hydrogens is 234 g/mol. The monoisotopic (exact) mass is 240 g/mol. The lowest BCUT2D eigenvalue weighted by Gasteiger charge is -2.05. The fraction of sp³-hybridized carbons (Fsp3) is 0. The first kappa shape index (κ1) is 10.9. The second-order valence-electron chi connectivity index (χ2n) is 3.32. The summed E-state index contributed by atoms with van der Waals surface area (Å²) in [4.78, 5) is 0. The van der Waals surface area contributed by atoms with Crippen LogP contribution in [0, 0.1) is 11.6 Å². The molecule has 82 valence electrons. The highest BCUT2D eigenvalue weighted by molar-refractivity contribution is 6.31. The zero-order valence-corrected chi connectivity index (χ0v) is 8.80. The molecule has 1 N–H and O–H groups in total. The number of benzene rings is 2. The van der Waals surface area contributed by atoms with Gasteiger partial charge in [-0.05, 0) is 35.9 Å². The van der Waals surface area contributed by atoms with Crippen LogP contribution in [0.2, 0.25) is 5.02 Å². The first-order chi connectivity index (χ1) is 7.56. The molecule has 2 aromatic rings. The molecule has 2 aromatic carbocycles. The van der Waals surface area contributed by atoms with E-state index in [1.807, 2.05) is 0 Å². The van der Waals surface area contributed by atoms with Crippen molar-refractivity contribution in [1.29, 1.82) is 0 Å². The molecule has 0 aromatic heterocycles. The van der Waals surface area contributed by atoms with E-state index < -0.39 is 11.6 Å². The Morgan fingerprint density at radius 2 is 1.75 bits per heavy atom. The van der Waals surface area contributed by atoms with Crippen LogP contribution in [0.15, 0.2) is 36.4 Å². The van der Waals surface area contributed by atoms with E-state index >= 15 is 0 Å². The minimum absolute atomic E-state index is 0.0637. The first-order valence-corrected chi connectivity index (χ1v) is 4.89. The molecule has 0 radical (unpaired) electrons. The molecule has 0 heterocycles. The van der Waals surface area contributed by atoms with Gasteiger partial charge < -0.3 is 5.11 Å². The molecule has 0 aliphatic rings. The van der Waals surface area contributed by atoms with E-state index in [1.165, 1.54) is 24.3 Å². The topological polar surface area (TPSA) is 20.2 Å². The van der Waals surface area contributed by atoms with Crippen LogP contribution in [0.25, 0.3) is 11.1 Å². The van der Waals surface area contributed by atoms with E-state index in [9.17, 15) is 13.9 Å². The van der Waals surface area contributed by atoms with Gasteiger partial charge in [0.05, 0.1) is 0 Å². The predicted molar refractivity (Wildman–Crippen MR) is 58.5 cm³/mol. The van der Waals surface area contributed by atoms with Gasteiger partial charge in [-0.2, -0.15) is 0 Å². The normalized spacial score (nSPS) is 10.4. The van der Waals surface area contributed by atoms with Gasteiger partial charge in [-0.25, -0.2) is 8.78 Å². The zero-order chi connectivity index (χ0) is 11.7. The standard InChI is InChI=1S/C12H7ClF2O/c13-8-3-7(4-10(16)5-8)11-2-1-9(14)6-12(11)15/h1-6,16H. The summed E-state index contributed by atoms with van der Waals surface area (Å²) in [5.74, 6) is -1.40. The van der Waals surface area contributed by atoms with Crippen LogP contribution in [-0.4, -0.2) is 5.11 Å². The van der Waals surface area contributed by atoms with E-state index in [4.69, 9.17) is 11.6 Å². The zero-order valence-electron chi connectivity index (χ0n) is 8.05. The molecule has 0 atom stereocenters. The summed E-state index contributed by atoms with van der Waals surface area (Å²) in [5, 5.41) is 9.61. The summed E-state index contributed by atoms with van der Waals surface area (Å²) in [6.45, 7) is 0. The average molecular weight is 241 g/mol. The molecule has 2 rings (SSSR count). The number of aromatic hydroxyl groups is 1. The third-order valence-electron chi connectivity index (χ3n) is 2.12. The Balaban J connectivity index is 2.58. The number of phenols is 1. The molecule has 0 unspecified atom stereocenters. The van der Waals surface area contributed by atoms with Gasteiger partial charge in [-0.3, -0.25) is 0 Å². The van der Waals surface area contributed by atoms with Crippen molar-refractivity contribution in [1.82, 2.24) is 0 Å². The van der Waals surface area contributed by atoms with Crippen LogP contribution in [0.1, 0.15) is 0 Å². The summed E-state index contributed by atoms with van der Waals surface area (Å²) in [6, 6.07) is 7.44. The van der Waals surface area contributed by atoms with Crippen LogP contribution < -0.4 is 0 Å². The maximum Gasteiger partial charge on any atom is 0.133 e. The Labute approximate surface area is 95.9 Å². The highest BCUT2D eigenvalue weighted by Gasteiger charge is 2.08. The maximum absolute atomic E-state index is 13.4. The number of phenolic OH excluding ortho intramolecular Hbond substituents is 1. The van der Waals surface area contributed by atoms with Crippen LogP contribution in [0.5, 0.6) is 5.75 Å². The van der Waals surface area contributed by atoms with Crippen molar-refractivity contribution < 1.29 is 13.9 Å². The van der Waals surface area contributed by atoms with Gasteiger partial charge >= 0.3 is 0 Å². The van der Waals surface area contributed by atoms with Crippen molar-refractivity contribution in [3.05, 3.63) is 53.1 Å². The Bertz CT molecular complexity index is 520. The van der Waals surface area contributed by atoms with Crippen molar-refractivity contribution >= 4 is 11.6 Å². The van der Waals surface area contributed by atoms with E-state index in [0.29, 0.717) is 10.6 Å². The van der Waals surface area contributed by atoms with E-state index in [0.717, 1.165) is 12.1 Å². The average Bonchev–Trinajstić information content (AvgIpc) is 2.15. The molecule has 0 aliphatic carbocycles. The molecule has 4 heteroatoms. The van der Waals surface area contributed by atoms with E-state index in [2.05, 4.69) is 0 Å². The lowest BCUT2D eigenvalue weighted by molar-refractivity contribution is 0.475. The van der Waals surface area contributed by atoms with E-state index in [-0.39, 0.29) is 11.3 Å². The lowest BCUT2D eigenvalue weighted by atomic mass is 10.0. The lowest BCUT2D eigenvalue weighted by Crippen LogP contribution is -1.86. The fourth-order valence-electron chi connectivity index (χ4n) is 1.45. The highest BCUT2D eigenvalue weighted by atomic mass is 35.5. The Morgan fingerprint density at radius 3 is 2.38 bits per heavy atom. The molecule has 16 heavy (non-hydrogen) atoms. The third-order valence-corrected chi connectivity index (χ3v) is 2.34. The molecule has 0 saturated heterocycles. The third kappa shape index (κ3) is 2.14. The summed E-state index contributed by atoms with van der Waals surface area (Å²) in [5.41, 5.74) is 0.599. The number of rotatable bonds is 1. The SMILES string of the molecule is Oc1cc(Cl)cc(-c2ccc(F)cc2F)c1. The fourth-order valence-corrected chi connectivity index (χ4v) is 1.68. The first-order valence-electron chi connectivity index (χ1n) is 4.51. The van der Waals surface area contributed by atoms with Gasteiger partial charge in [0.25, 0.3) is 0 Å². The van der Waals surface area contributed by atoms with Crippen molar-refractivity contribution in [3.8, 4) is 16.9 Å². The van der Waals surface area contributed by atoms with Crippen LogP contribution in [0.4, 0.5) is 8.78 Å². The van der Waals surface area contributed by atoms with Gasteiger partial charge in [-0.1, -0.05) is 11.6 Å². The Hall–Kier alpha value is -1.61. The summed E-state index contributed by atoms with van der Waals surface area (Å²) in [6.07, 6.45) is 0. The summed E-state index contributed by atoms with van der Waals surface area (Å²) >= 11 is 5.73. The van der Waals surface area contributed by atoms with Gasteiger partial charge in [0.2, 0.25) is 0 Å². The summed E-state index contributed by atoms with van der Waals surface area (Å²) < 4.78 is 26.1. The van der Waals surface area contributed by atoms with E-state index in [1.54, 1.807) is 0 Å². The van der Waals surface area contributed by atoms with Crippen LogP contribution in [-0.2, 0) is 0 Å². The minimum atomic E-state index is -0.693. The number of hydrogen-bond donors (Lipinski definition) is 1. The minimum Gasteiger partial charge on any atom is -0.508 e. The molecule has 0 bridgehead atoms. The van der Waals surface area contributed by atoms with Gasteiger partial charge in [-0.15, -0.1) is 0 Å². The molecule has 0 fully saturated rings. The van der Waals surface area contributed by atoms with Crippen LogP contribution >= 0.6 is 11.6 Å². The molecular formula is C12H7ClF2O. The smallest absolute Gasteiger partial charge is 0.133 e. The molecule has 0 saturated carbocycles. The quantitative estimate of drug-likeness (QED) is 0.799. The molecule has 0 aliphatic heterocycles. The second-order valence-corrected chi connectivity index (χ2v) is 3.76. The second kappa shape index (κ2) is 4.10. The molecule has 0 spiro atoms. The number of halogens is 3. The molecule has 0 amide bonds. The van der Waals surface area contributed by atoms with Gasteiger partial charge in [0.1, 0.15) is 17.4 Å². The van der Waals surface area contributed by atoms with Crippen molar-refractivity contribution in [2.24, 2.45) is 0 Å². The van der Waals surface area contributed by atoms with Gasteiger partial charge in [0, 0.05) is 16.7 Å².